The first-order valence-corrected chi connectivity index (χ1v) is 9.02. The van der Waals surface area contributed by atoms with Gasteiger partial charge in [0.2, 0.25) is 10.0 Å². The van der Waals surface area contributed by atoms with Crippen molar-refractivity contribution < 1.29 is 13.2 Å². The first kappa shape index (κ1) is 16.4. The molecule has 0 bridgehead atoms. The number of sulfonamides is 1. The number of benzene rings is 1. The summed E-state index contributed by atoms with van der Waals surface area (Å²) in [6.45, 7) is 5.06. The molecular formula is C15H24N2O3S. The van der Waals surface area contributed by atoms with Gasteiger partial charge >= 0.3 is 0 Å². The van der Waals surface area contributed by atoms with Crippen LogP contribution >= 0.6 is 0 Å². The molecule has 0 aromatic heterocycles. The van der Waals surface area contributed by atoms with E-state index in [2.05, 4.69) is 17.0 Å². The van der Waals surface area contributed by atoms with Gasteiger partial charge in [-0.05, 0) is 36.6 Å². The average molecular weight is 312 g/mol. The molecule has 1 aromatic carbocycles. The van der Waals surface area contributed by atoms with Crippen LogP contribution in [0.2, 0.25) is 0 Å². The van der Waals surface area contributed by atoms with Gasteiger partial charge in [0.15, 0.2) is 0 Å². The summed E-state index contributed by atoms with van der Waals surface area (Å²) in [6.07, 6.45) is 2.83. The Labute approximate surface area is 127 Å². The number of hydrogen-bond acceptors (Lipinski definition) is 4. The van der Waals surface area contributed by atoms with Gasteiger partial charge in [0.05, 0.1) is 11.5 Å². The van der Waals surface area contributed by atoms with Crippen molar-refractivity contribution in [3.05, 3.63) is 29.3 Å². The number of rotatable bonds is 8. The van der Waals surface area contributed by atoms with E-state index in [9.17, 15) is 8.42 Å². The van der Waals surface area contributed by atoms with Gasteiger partial charge in [0.1, 0.15) is 0 Å². The van der Waals surface area contributed by atoms with Crippen LogP contribution in [0.3, 0.4) is 0 Å². The molecule has 1 heterocycles. The lowest BCUT2D eigenvalue weighted by Crippen LogP contribution is -2.31. The fraction of sp³-hybridized carbons (Fsp3) is 0.600. The maximum atomic E-state index is 12.4. The molecule has 6 heteroatoms. The first-order chi connectivity index (χ1) is 10.1. The molecule has 118 valence electrons. The van der Waals surface area contributed by atoms with E-state index in [4.69, 9.17) is 4.74 Å². The third-order valence-corrected chi connectivity index (χ3v) is 5.11. The molecule has 1 aromatic rings. The van der Waals surface area contributed by atoms with Crippen molar-refractivity contribution in [1.82, 2.24) is 10.0 Å². The molecule has 2 rings (SSSR count). The molecule has 0 aliphatic carbocycles. The summed E-state index contributed by atoms with van der Waals surface area (Å²) in [5.74, 6) is 0. The summed E-state index contributed by atoms with van der Waals surface area (Å²) < 4.78 is 32.8. The summed E-state index contributed by atoms with van der Waals surface area (Å²) in [5, 5.41) is 3.26. The summed E-state index contributed by atoms with van der Waals surface area (Å²) in [5.41, 5.74) is 2.01. The molecule has 0 spiro atoms. The minimum atomic E-state index is -3.45. The molecule has 0 fully saturated rings. The van der Waals surface area contributed by atoms with Gasteiger partial charge < -0.3 is 10.1 Å². The third-order valence-electron chi connectivity index (χ3n) is 3.57. The highest BCUT2D eigenvalue weighted by Gasteiger charge is 2.21. The van der Waals surface area contributed by atoms with Crippen molar-refractivity contribution in [2.45, 2.75) is 37.6 Å². The van der Waals surface area contributed by atoms with Crippen LogP contribution in [-0.4, -0.2) is 34.7 Å². The van der Waals surface area contributed by atoms with Crippen LogP contribution in [0.5, 0.6) is 0 Å². The minimum absolute atomic E-state index is 0.313. The number of hydrogen-bond donors (Lipinski definition) is 2. The monoisotopic (exact) mass is 312 g/mol. The van der Waals surface area contributed by atoms with Crippen molar-refractivity contribution >= 4 is 10.0 Å². The predicted molar refractivity (Wildman–Crippen MR) is 82.8 cm³/mol. The Morgan fingerprint density at radius 2 is 2.19 bits per heavy atom. The number of nitrogens with one attached hydrogen (secondary N) is 2. The van der Waals surface area contributed by atoms with Crippen LogP contribution in [0.4, 0.5) is 0 Å². The first-order valence-electron chi connectivity index (χ1n) is 7.54. The maximum absolute atomic E-state index is 12.4. The zero-order valence-corrected chi connectivity index (χ0v) is 13.3. The van der Waals surface area contributed by atoms with Crippen LogP contribution in [0.1, 0.15) is 30.9 Å². The normalized spacial score (nSPS) is 14.9. The van der Waals surface area contributed by atoms with Crippen molar-refractivity contribution in [3.8, 4) is 0 Å². The molecule has 0 amide bonds. The van der Waals surface area contributed by atoms with Gasteiger partial charge in [-0.25, -0.2) is 13.1 Å². The van der Waals surface area contributed by atoms with Crippen LogP contribution < -0.4 is 10.0 Å². The second kappa shape index (κ2) is 7.89. The molecule has 0 atom stereocenters. The Morgan fingerprint density at radius 3 is 3.00 bits per heavy atom. The molecule has 5 nitrogen and oxygen atoms in total. The van der Waals surface area contributed by atoms with Crippen LogP contribution in [0, 0.1) is 0 Å². The van der Waals surface area contributed by atoms with Gasteiger partial charge in [-0.1, -0.05) is 25.5 Å². The van der Waals surface area contributed by atoms with E-state index in [0.29, 0.717) is 24.7 Å². The molecule has 0 radical (unpaired) electrons. The summed E-state index contributed by atoms with van der Waals surface area (Å²) in [7, 11) is -3.45. The molecule has 1 aliphatic rings. The van der Waals surface area contributed by atoms with Gasteiger partial charge in [0, 0.05) is 19.7 Å². The highest BCUT2D eigenvalue weighted by atomic mass is 32.2. The lowest BCUT2D eigenvalue weighted by Gasteiger charge is -2.20. The standard InChI is InChI=1S/C15H24N2O3S/c1-2-3-10-20-11-9-17-21(18,19)15-6-4-5-13-12-16-8-7-14(13)15/h4-6,16-17H,2-3,7-12H2,1H3. The fourth-order valence-electron chi connectivity index (χ4n) is 2.42. The van der Waals surface area contributed by atoms with E-state index >= 15 is 0 Å². The minimum Gasteiger partial charge on any atom is -0.380 e. The lowest BCUT2D eigenvalue weighted by atomic mass is 10.0. The summed E-state index contributed by atoms with van der Waals surface area (Å²) in [6, 6.07) is 5.47. The largest absolute Gasteiger partial charge is 0.380 e. The van der Waals surface area contributed by atoms with Crippen molar-refractivity contribution in [2.75, 3.05) is 26.3 Å². The highest BCUT2D eigenvalue weighted by molar-refractivity contribution is 7.89. The van der Waals surface area contributed by atoms with Crippen LogP contribution in [0.25, 0.3) is 0 Å². The molecule has 21 heavy (non-hydrogen) atoms. The van der Waals surface area contributed by atoms with Crippen molar-refractivity contribution in [1.29, 1.82) is 0 Å². The third kappa shape index (κ3) is 4.51. The number of ether oxygens (including phenoxy) is 1. The summed E-state index contributed by atoms with van der Waals surface area (Å²) in [4.78, 5) is 0.412. The molecule has 0 saturated heterocycles. The van der Waals surface area contributed by atoms with E-state index in [1.54, 1.807) is 12.1 Å². The topological polar surface area (TPSA) is 67.4 Å². The molecule has 0 unspecified atom stereocenters. The van der Waals surface area contributed by atoms with Crippen molar-refractivity contribution in [2.24, 2.45) is 0 Å². The van der Waals surface area contributed by atoms with Gasteiger partial charge in [-0.3, -0.25) is 0 Å². The second-order valence-corrected chi connectivity index (χ2v) is 6.92. The van der Waals surface area contributed by atoms with Crippen molar-refractivity contribution in [3.63, 3.8) is 0 Å². The fourth-order valence-corrected chi connectivity index (χ4v) is 3.75. The average Bonchev–Trinajstić information content (AvgIpc) is 2.50. The quantitative estimate of drug-likeness (QED) is 0.713. The zero-order chi connectivity index (χ0) is 15.1. The molecular weight excluding hydrogens is 288 g/mol. The predicted octanol–water partition coefficient (Wildman–Crippen LogP) is 1.43. The Morgan fingerprint density at radius 1 is 1.33 bits per heavy atom. The maximum Gasteiger partial charge on any atom is 0.240 e. The van der Waals surface area contributed by atoms with E-state index in [-0.39, 0.29) is 0 Å². The van der Waals surface area contributed by atoms with E-state index in [1.165, 1.54) is 0 Å². The Hall–Kier alpha value is -0.950. The van der Waals surface area contributed by atoms with E-state index in [0.717, 1.165) is 43.5 Å². The van der Waals surface area contributed by atoms with Gasteiger partial charge in [-0.2, -0.15) is 0 Å². The van der Waals surface area contributed by atoms with Gasteiger partial charge in [0.25, 0.3) is 0 Å². The molecule has 1 aliphatic heterocycles. The smallest absolute Gasteiger partial charge is 0.240 e. The SMILES string of the molecule is CCCCOCCNS(=O)(=O)c1cccc2c1CCNC2. The Kier molecular flexibility index (Phi) is 6.17. The number of fused-ring (bicyclic) bond motifs is 1. The van der Waals surface area contributed by atoms with Gasteiger partial charge in [-0.15, -0.1) is 0 Å². The zero-order valence-electron chi connectivity index (χ0n) is 12.5. The highest BCUT2D eigenvalue weighted by Crippen LogP contribution is 2.22. The summed E-state index contributed by atoms with van der Waals surface area (Å²) >= 11 is 0. The lowest BCUT2D eigenvalue weighted by molar-refractivity contribution is 0.136. The number of unbranched alkanes of at least 4 members (excludes halogenated alkanes) is 1. The van der Waals surface area contributed by atoms with E-state index < -0.39 is 10.0 Å². The second-order valence-electron chi connectivity index (χ2n) is 5.18. The Bertz CT molecular complexity index is 558. The Balaban J connectivity index is 1.96. The van der Waals surface area contributed by atoms with E-state index in [1.807, 2.05) is 6.07 Å². The molecule has 2 N–H and O–H groups in total. The molecule has 0 saturated carbocycles. The van der Waals surface area contributed by atoms with Crippen LogP contribution in [-0.2, 0) is 27.7 Å². The van der Waals surface area contributed by atoms with Crippen LogP contribution in [0.15, 0.2) is 23.1 Å².